The van der Waals surface area contributed by atoms with Gasteiger partial charge >= 0.3 is 6.18 Å². The van der Waals surface area contributed by atoms with E-state index in [1.54, 1.807) is 0 Å². The monoisotopic (exact) mass is 565 g/mol. The number of oxime groups is 1. The zero-order valence-electron chi connectivity index (χ0n) is 17.8. The Hall–Kier alpha value is -2.01. The van der Waals surface area contributed by atoms with Crippen LogP contribution in [0.25, 0.3) is 0 Å². The molecule has 186 valence electrons. The largest absolute Gasteiger partial charge is 0.435 e. The summed E-state index contributed by atoms with van der Waals surface area (Å²) in [6.07, 6.45) is -3.01. The molecular weight excluding hydrogens is 550 g/mol. The number of rotatable bonds is 4. The molecule has 35 heavy (non-hydrogen) atoms. The maximum absolute atomic E-state index is 14.4. The van der Waals surface area contributed by atoms with Crippen LogP contribution in [0.5, 0.6) is 0 Å². The van der Waals surface area contributed by atoms with E-state index in [0.717, 1.165) is 41.0 Å². The fraction of sp³-hybridized carbons (Fsp3) is 0.409. The van der Waals surface area contributed by atoms with Crippen molar-refractivity contribution in [3.8, 4) is 0 Å². The summed E-state index contributed by atoms with van der Waals surface area (Å²) in [5, 5.41) is 8.90. The van der Waals surface area contributed by atoms with Crippen molar-refractivity contribution < 1.29 is 27.6 Å². The summed E-state index contributed by atoms with van der Waals surface area (Å²) in [5.41, 5.74) is -1.46. The molecule has 2 atom stereocenters. The number of alkyl halides is 3. The molecule has 3 heterocycles. The average molecular weight is 567 g/mol. The fourth-order valence-corrected chi connectivity index (χ4v) is 6.53. The molecule has 2 amide bonds. The predicted octanol–water partition coefficient (Wildman–Crippen LogP) is 5.40. The van der Waals surface area contributed by atoms with Crippen LogP contribution in [0.4, 0.5) is 13.2 Å². The molecule has 1 aliphatic carbocycles. The molecule has 1 unspecified atom stereocenters. The molecule has 2 aromatic rings. The molecule has 0 spiro atoms. The Labute approximate surface area is 216 Å². The van der Waals surface area contributed by atoms with Crippen molar-refractivity contribution in [2.45, 2.75) is 49.9 Å². The summed E-state index contributed by atoms with van der Waals surface area (Å²) in [6, 6.07) is 1.52. The number of hydrogen-bond acceptors (Lipinski definition) is 5. The Morgan fingerprint density at radius 3 is 2.51 bits per heavy atom. The molecule has 1 aromatic carbocycles. The lowest BCUT2D eigenvalue weighted by Gasteiger charge is -2.29. The van der Waals surface area contributed by atoms with Gasteiger partial charge in [0, 0.05) is 12.1 Å². The quantitative estimate of drug-likeness (QED) is 0.487. The molecular formula is C22H17Cl3F3N3O3S. The highest BCUT2D eigenvalue weighted by Crippen LogP contribution is 2.51. The van der Waals surface area contributed by atoms with Gasteiger partial charge in [0.2, 0.25) is 5.91 Å². The zero-order valence-corrected chi connectivity index (χ0v) is 20.9. The maximum atomic E-state index is 14.4. The van der Waals surface area contributed by atoms with Crippen LogP contribution in [-0.2, 0) is 28.1 Å². The van der Waals surface area contributed by atoms with E-state index in [2.05, 4.69) is 15.8 Å². The van der Waals surface area contributed by atoms with E-state index in [4.69, 9.17) is 39.6 Å². The smallest absolute Gasteiger partial charge is 0.374 e. The highest BCUT2D eigenvalue weighted by molar-refractivity contribution is 7.16. The highest BCUT2D eigenvalue weighted by atomic mass is 35.5. The van der Waals surface area contributed by atoms with Crippen molar-refractivity contribution in [3.05, 3.63) is 53.6 Å². The van der Waals surface area contributed by atoms with Gasteiger partial charge < -0.3 is 15.5 Å². The van der Waals surface area contributed by atoms with Gasteiger partial charge in [-0.2, -0.15) is 13.2 Å². The minimum Gasteiger partial charge on any atom is -0.374 e. The number of benzene rings is 1. The Bertz CT molecular complexity index is 1260. The Balaban J connectivity index is 1.49. The Morgan fingerprint density at radius 1 is 1.20 bits per heavy atom. The highest BCUT2D eigenvalue weighted by Gasteiger charge is 2.63. The van der Waals surface area contributed by atoms with Crippen LogP contribution in [0.1, 0.15) is 50.5 Å². The van der Waals surface area contributed by atoms with Gasteiger partial charge in [-0.1, -0.05) is 40.0 Å². The Kier molecular flexibility index (Phi) is 6.22. The number of carbonyl (C=O) groups excluding carboxylic acids is 2. The third-order valence-corrected chi connectivity index (χ3v) is 8.95. The van der Waals surface area contributed by atoms with Crippen molar-refractivity contribution in [2.75, 3.05) is 6.54 Å². The number of fused-ring (bicyclic) bond motifs is 1. The number of nitrogens with one attached hydrogen (secondary N) is 2. The van der Waals surface area contributed by atoms with Crippen molar-refractivity contribution in [3.63, 3.8) is 0 Å². The number of nitrogens with zero attached hydrogens (tertiary/aromatic N) is 1. The van der Waals surface area contributed by atoms with E-state index in [-0.39, 0.29) is 32.3 Å². The van der Waals surface area contributed by atoms with E-state index in [9.17, 15) is 22.8 Å². The van der Waals surface area contributed by atoms with Crippen molar-refractivity contribution in [2.24, 2.45) is 5.16 Å². The first-order chi connectivity index (χ1) is 16.5. The lowest BCUT2D eigenvalue weighted by Crippen LogP contribution is -2.42. The molecule has 13 heteroatoms. The zero-order chi connectivity index (χ0) is 25.1. The van der Waals surface area contributed by atoms with Crippen LogP contribution >= 0.6 is 46.1 Å². The van der Waals surface area contributed by atoms with Crippen LogP contribution in [-0.4, -0.2) is 36.3 Å². The second-order valence-electron chi connectivity index (χ2n) is 8.56. The molecule has 1 aromatic heterocycles. The molecule has 5 rings (SSSR count). The molecule has 3 aliphatic rings. The van der Waals surface area contributed by atoms with Gasteiger partial charge in [0.25, 0.3) is 11.5 Å². The number of hydrogen-bond donors (Lipinski definition) is 2. The molecule has 0 radical (unpaired) electrons. The average Bonchev–Trinajstić information content (AvgIpc) is 3.55. The third-order valence-electron chi connectivity index (χ3n) is 6.43. The summed E-state index contributed by atoms with van der Waals surface area (Å²) < 4.78 is 43.2. The van der Waals surface area contributed by atoms with Crippen molar-refractivity contribution in [1.29, 1.82) is 0 Å². The van der Waals surface area contributed by atoms with E-state index in [0.29, 0.717) is 35.6 Å². The molecule has 6 nitrogen and oxygen atoms in total. The molecule has 1 fully saturated rings. The summed E-state index contributed by atoms with van der Waals surface area (Å²) in [7, 11) is 0. The van der Waals surface area contributed by atoms with Gasteiger partial charge in [-0.15, -0.1) is 11.3 Å². The Morgan fingerprint density at radius 2 is 1.89 bits per heavy atom. The van der Waals surface area contributed by atoms with E-state index in [1.165, 1.54) is 0 Å². The normalized spacial score (nSPS) is 23.7. The minimum absolute atomic E-state index is 0.0591. The third kappa shape index (κ3) is 4.08. The van der Waals surface area contributed by atoms with Gasteiger partial charge in [0.1, 0.15) is 11.8 Å². The van der Waals surface area contributed by atoms with Crippen molar-refractivity contribution >= 4 is 63.7 Å². The van der Waals surface area contributed by atoms with Gasteiger partial charge in [-0.05, 0) is 48.9 Å². The number of halogens is 6. The van der Waals surface area contributed by atoms with Crippen LogP contribution in [0.3, 0.4) is 0 Å². The molecule has 0 bridgehead atoms. The first kappa shape index (κ1) is 24.7. The number of thiophene rings is 1. The van der Waals surface area contributed by atoms with E-state index in [1.807, 2.05) is 0 Å². The molecule has 0 saturated carbocycles. The van der Waals surface area contributed by atoms with Crippen LogP contribution in [0.2, 0.25) is 15.1 Å². The SMILES string of the molecule is O=C(N[C@@H]1CCNC1=O)c1sc(C2=NOC(c3cc(Cl)c(Cl)c(Cl)c3)(C(F)(F)F)C2)c2c1CCC2. The summed E-state index contributed by atoms with van der Waals surface area (Å²) in [5.74, 6) is -0.671. The van der Waals surface area contributed by atoms with Gasteiger partial charge in [0.15, 0.2) is 0 Å². The van der Waals surface area contributed by atoms with E-state index >= 15 is 0 Å². The molecule has 2 N–H and O–H groups in total. The lowest BCUT2D eigenvalue weighted by molar-refractivity contribution is -0.275. The van der Waals surface area contributed by atoms with Crippen LogP contribution in [0, 0.1) is 0 Å². The second-order valence-corrected chi connectivity index (χ2v) is 10.8. The standard InChI is InChI=1S/C22H17Cl3F3N3O3S/c23-12-6-9(7-13(24)16(12)25)21(22(26,27)28)8-15(31-34-21)17-10-2-1-3-11(10)18(35-17)20(33)30-14-4-5-29-19(14)32/h6-7,14H,1-5,8H2,(H,29,32)(H,30,33)/t14-,21?/m1/s1. The fourth-order valence-electron chi connectivity index (χ4n) is 4.66. The van der Waals surface area contributed by atoms with Crippen molar-refractivity contribution in [1.82, 2.24) is 10.6 Å². The number of carbonyl (C=O) groups is 2. The molecule has 2 aliphatic heterocycles. The lowest BCUT2D eigenvalue weighted by atomic mass is 9.87. The maximum Gasteiger partial charge on any atom is 0.435 e. The first-order valence-electron chi connectivity index (χ1n) is 10.7. The summed E-state index contributed by atoms with van der Waals surface area (Å²) in [6.45, 7) is 0.476. The van der Waals surface area contributed by atoms with E-state index < -0.39 is 30.1 Å². The predicted molar refractivity (Wildman–Crippen MR) is 127 cm³/mol. The van der Waals surface area contributed by atoms with Crippen LogP contribution < -0.4 is 10.6 Å². The summed E-state index contributed by atoms with van der Waals surface area (Å²) >= 11 is 19.0. The number of amides is 2. The van der Waals surface area contributed by atoms with Gasteiger partial charge in [-0.25, -0.2) is 0 Å². The first-order valence-corrected chi connectivity index (χ1v) is 12.7. The topological polar surface area (TPSA) is 79.8 Å². The van der Waals surface area contributed by atoms with Gasteiger partial charge in [-0.3, -0.25) is 9.59 Å². The van der Waals surface area contributed by atoms with Gasteiger partial charge in [0.05, 0.1) is 31.2 Å². The summed E-state index contributed by atoms with van der Waals surface area (Å²) in [4.78, 5) is 30.8. The minimum atomic E-state index is -4.85. The molecule has 1 saturated heterocycles. The van der Waals surface area contributed by atoms with Crippen LogP contribution in [0.15, 0.2) is 17.3 Å². The second kappa shape index (κ2) is 8.83.